The zero-order chi connectivity index (χ0) is 21.5. The van der Waals surface area contributed by atoms with Gasteiger partial charge in [-0.05, 0) is 25.3 Å². The lowest BCUT2D eigenvalue weighted by Gasteiger charge is -2.24. The van der Waals surface area contributed by atoms with Crippen LogP contribution in [0.25, 0.3) is 27.1 Å². The third kappa shape index (κ3) is 3.55. The van der Waals surface area contributed by atoms with Crippen LogP contribution >= 0.6 is 23.1 Å². The number of nitrogens with two attached hydrogens (primary N) is 1. The van der Waals surface area contributed by atoms with Crippen molar-refractivity contribution in [2.24, 2.45) is 5.73 Å². The fourth-order valence-electron chi connectivity index (χ4n) is 4.37. The Hall–Kier alpha value is -2.65. The van der Waals surface area contributed by atoms with Crippen LogP contribution in [0.4, 0.5) is 0 Å². The largest absolute Gasteiger partial charge is 0.369 e. The Morgan fingerprint density at radius 2 is 1.94 bits per heavy atom. The average molecular weight is 454 g/mol. The number of nitrogens with zero attached hydrogens (tertiary/aromatic N) is 4. The maximum absolute atomic E-state index is 13.8. The van der Waals surface area contributed by atoms with Crippen molar-refractivity contribution < 1.29 is 4.79 Å². The molecule has 0 aliphatic heterocycles. The highest BCUT2D eigenvalue weighted by Crippen LogP contribution is 2.36. The first-order chi connectivity index (χ1) is 15.0. The van der Waals surface area contributed by atoms with Gasteiger partial charge in [-0.25, -0.2) is 4.40 Å². The number of primary amides is 1. The quantitative estimate of drug-likeness (QED) is 0.458. The molecule has 2 N–H and O–H groups in total. The van der Waals surface area contributed by atoms with Crippen LogP contribution in [0.1, 0.15) is 43.7 Å². The number of aryl methyl sites for hydroxylation is 1. The van der Waals surface area contributed by atoms with Gasteiger partial charge in [0.05, 0.1) is 11.1 Å². The molecule has 9 heteroatoms. The van der Waals surface area contributed by atoms with E-state index in [-0.39, 0.29) is 17.4 Å². The molecule has 1 amide bonds. The number of hydrogen-bond donors (Lipinski definition) is 1. The summed E-state index contributed by atoms with van der Waals surface area (Å²) in [5, 5.41) is 12.0. The van der Waals surface area contributed by atoms with Crippen LogP contribution in [0.3, 0.4) is 0 Å². The Bertz CT molecular complexity index is 1330. The van der Waals surface area contributed by atoms with E-state index >= 15 is 0 Å². The minimum atomic E-state index is -0.412. The lowest BCUT2D eigenvalue weighted by molar-refractivity contribution is -0.115. The van der Waals surface area contributed by atoms with Crippen LogP contribution in [0.2, 0.25) is 0 Å². The molecule has 7 nitrogen and oxygen atoms in total. The summed E-state index contributed by atoms with van der Waals surface area (Å²) in [5.74, 6) is 0.250. The number of carbonyl (C=O) groups is 1. The molecule has 1 aliphatic carbocycles. The van der Waals surface area contributed by atoms with Gasteiger partial charge < -0.3 is 5.73 Å². The minimum Gasteiger partial charge on any atom is -0.369 e. The molecule has 0 spiro atoms. The van der Waals surface area contributed by atoms with Gasteiger partial charge in [0.2, 0.25) is 11.7 Å². The number of rotatable bonds is 5. The number of carbonyl (C=O) groups excluding carboxylic acids is 1. The SMILES string of the molecule is Cc1ccc(-c2csc3c2c(=O)n(C2CCCCC2)c2nnc(SCC(N)=O)n32)cc1. The number of thiophene rings is 1. The number of fused-ring (bicyclic) bond motifs is 3. The summed E-state index contributed by atoms with van der Waals surface area (Å²) in [6.45, 7) is 2.05. The Balaban J connectivity index is 1.80. The lowest BCUT2D eigenvalue weighted by atomic mass is 9.95. The molecule has 3 aromatic heterocycles. The van der Waals surface area contributed by atoms with Crippen molar-refractivity contribution in [3.63, 3.8) is 0 Å². The van der Waals surface area contributed by atoms with Crippen molar-refractivity contribution in [3.05, 3.63) is 45.6 Å². The summed E-state index contributed by atoms with van der Waals surface area (Å²) in [5.41, 5.74) is 8.47. The Labute approximate surface area is 187 Å². The molecule has 0 radical (unpaired) electrons. The molecule has 1 aromatic carbocycles. The minimum absolute atomic E-state index is 0.00919. The van der Waals surface area contributed by atoms with Crippen molar-refractivity contribution >= 4 is 45.0 Å². The predicted octanol–water partition coefficient (Wildman–Crippen LogP) is 4.16. The van der Waals surface area contributed by atoms with Crippen molar-refractivity contribution in [2.45, 2.75) is 50.2 Å². The van der Waals surface area contributed by atoms with Gasteiger partial charge in [0.1, 0.15) is 4.83 Å². The van der Waals surface area contributed by atoms with Crippen molar-refractivity contribution in [1.82, 2.24) is 19.2 Å². The maximum atomic E-state index is 13.8. The molecule has 160 valence electrons. The second-order valence-corrected chi connectivity index (χ2v) is 9.84. The Morgan fingerprint density at radius 1 is 1.19 bits per heavy atom. The molecule has 1 saturated carbocycles. The van der Waals surface area contributed by atoms with Crippen LogP contribution in [0.5, 0.6) is 0 Å². The summed E-state index contributed by atoms with van der Waals surface area (Å²) in [4.78, 5) is 26.0. The first kappa shape index (κ1) is 20.3. The summed E-state index contributed by atoms with van der Waals surface area (Å²) in [7, 11) is 0. The molecule has 1 aliphatic rings. The van der Waals surface area contributed by atoms with Gasteiger partial charge in [-0.3, -0.25) is 14.2 Å². The van der Waals surface area contributed by atoms with E-state index in [0.29, 0.717) is 16.3 Å². The van der Waals surface area contributed by atoms with Crippen LogP contribution < -0.4 is 11.3 Å². The van der Waals surface area contributed by atoms with E-state index in [0.717, 1.165) is 41.6 Å². The van der Waals surface area contributed by atoms with Crippen molar-refractivity contribution in [2.75, 3.05) is 5.75 Å². The zero-order valence-electron chi connectivity index (χ0n) is 17.2. The molecule has 0 saturated heterocycles. The van der Waals surface area contributed by atoms with Gasteiger partial charge in [0.25, 0.3) is 5.56 Å². The molecule has 0 atom stereocenters. The molecular weight excluding hydrogens is 430 g/mol. The predicted molar refractivity (Wildman–Crippen MR) is 125 cm³/mol. The molecule has 1 fully saturated rings. The monoisotopic (exact) mass is 453 g/mol. The van der Waals surface area contributed by atoms with E-state index < -0.39 is 5.91 Å². The first-order valence-corrected chi connectivity index (χ1v) is 12.3. The molecule has 4 aromatic rings. The fraction of sp³-hybridized carbons (Fsp3) is 0.364. The highest BCUT2D eigenvalue weighted by atomic mass is 32.2. The van der Waals surface area contributed by atoms with E-state index in [1.807, 2.05) is 14.3 Å². The lowest BCUT2D eigenvalue weighted by Crippen LogP contribution is -2.28. The van der Waals surface area contributed by atoms with Gasteiger partial charge >= 0.3 is 0 Å². The number of benzene rings is 1. The van der Waals surface area contributed by atoms with Gasteiger partial charge in [0.15, 0.2) is 5.16 Å². The van der Waals surface area contributed by atoms with Crippen LogP contribution in [0.15, 0.2) is 39.6 Å². The van der Waals surface area contributed by atoms with Gasteiger partial charge in [0, 0.05) is 17.0 Å². The standard InChI is InChI=1S/C22H23N5O2S2/c1-13-7-9-14(10-8-13)16-11-30-20-18(16)19(29)26(15-5-3-2-4-6-15)21-24-25-22(27(20)21)31-12-17(23)28/h7-11,15H,2-6,12H2,1H3,(H2,23,28). The second kappa shape index (κ2) is 8.12. The van der Waals surface area contributed by atoms with Crippen LogP contribution in [-0.4, -0.2) is 30.8 Å². The van der Waals surface area contributed by atoms with Crippen molar-refractivity contribution in [3.8, 4) is 11.1 Å². The highest BCUT2D eigenvalue weighted by Gasteiger charge is 2.26. The van der Waals surface area contributed by atoms with Gasteiger partial charge in [-0.2, -0.15) is 0 Å². The average Bonchev–Trinajstić information content (AvgIpc) is 3.38. The molecule has 31 heavy (non-hydrogen) atoms. The summed E-state index contributed by atoms with van der Waals surface area (Å²) in [6, 6.07) is 8.34. The molecular formula is C22H23N5O2S2. The van der Waals surface area contributed by atoms with Crippen LogP contribution in [-0.2, 0) is 4.79 Å². The number of amides is 1. The Morgan fingerprint density at radius 3 is 2.65 bits per heavy atom. The topological polar surface area (TPSA) is 95.3 Å². The molecule has 3 heterocycles. The van der Waals surface area contributed by atoms with Crippen molar-refractivity contribution in [1.29, 1.82) is 0 Å². The third-order valence-corrected chi connectivity index (χ3v) is 7.80. The molecule has 0 bridgehead atoms. The maximum Gasteiger partial charge on any atom is 0.264 e. The highest BCUT2D eigenvalue weighted by molar-refractivity contribution is 7.99. The smallest absolute Gasteiger partial charge is 0.264 e. The number of thioether (sulfide) groups is 1. The molecule has 5 rings (SSSR count). The van der Waals surface area contributed by atoms with E-state index in [2.05, 4.69) is 41.4 Å². The Kier molecular flexibility index (Phi) is 5.31. The van der Waals surface area contributed by atoms with E-state index in [9.17, 15) is 9.59 Å². The number of aromatic nitrogens is 4. The van der Waals surface area contributed by atoms with Crippen LogP contribution in [0, 0.1) is 6.92 Å². The zero-order valence-corrected chi connectivity index (χ0v) is 18.8. The van der Waals surface area contributed by atoms with E-state index in [4.69, 9.17) is 5.73 Å². The normalized spacial score (nSPS) is 15.1. The first-order valence-electron chi connectivity index (χ1n) is 10.4. The van der Waals surface area contributed by atoms with Gasteiger partial charge in [-0.15, -0.1) is 21.5 Å². The summed E-state index contributed by atoms with van der Waals surface area (Å²) in [6.07, 6.45) is 5.33. The summed E-state index contributed by atoms with van der Waals surface area (Å²) >= 11 is 2.76. The molecule has 0 unspecified atom stereocenters. The van der Waals surface area contributed by atoms with E-state index in [1.54, 1.807) is 0 Å². The third-order valence-electron chi connectivity index (χ3n) is 5.89. The van der Waals surface area contributed by atoms with Gasteiger partial charge in [-0.1, -0.05) is 60.9 Å². The second-order valence-electron chi connectivity index (χ2n) is 8.04. The summed E-state index contributed by atoms with van der Waals surface area (Å²) < 4.78 is 3.77. The fourth-order valence-corrected chi connectivity index (χ4v) is 6.17. The number of hydrogen-bond acceptors (Lipinski definition) is 6. The van der Waals surface area contributed by atoms with E-state index in [1.165, 1.54) is 35.1 Å².